The number of benzene rings is 1. The van der Waals surface area contributed by atoms with Crippen LogP contribution in [0.25, 0.3) is 11.0 Å². The van der Waals surface area contributed by atoms with Gasteiger partial charge in [0, 0.05) is 26.2 Å². The molecule has 0 radical (unpaired) electrons. The number of fused-ring (bicyclic) bond motifs is 3. The van der Waals surface area contributed by atoms with Crippen molar-refractivity contribution < 1.29 is 0 Å². The van der Waals surface area contributed by atoms with Gasteiger partial charge in [-0.15, -0.1) is 24.8 Å². The second-order valence-corrected chi connectivity index (χ2v) is 6.30. The third-order valence-electron chi connectivity index (χ3n) is 4.86. The molecule has 0 unspecified atom stereocenters. The predicted octanol–water partition coefficient (Wildman–Crippen LogP) is 3.58. The molecule has 0 aliphatic carbocycles. The average Bonchev–Trinajstić information content (AvgIpc) is 2.93. The molecule has 3 heterocycles. The number of hydrogen-bond donors (Lipinski definition) is 0. The highest BCUT2D eigenvalue weighted by molar-refractivity contribution is 5.85. The van der Waals surface area contributed by atoms with E-state index in [2.05, 4.69) is 38.6 Å². The van der Waals surface area contributed by atoms with Crippen LogP contribution in [-0.4, -0.2) is 47.2 Å². The van der Waals surface area contributed by atoms with E-state index in [1.807, 2.05) is 0 Å². The molecule has 6 heteroatoms. The third-order valence-corrected chi connectivity index (χ3v) is 4.86. The first-order valence-corrected chi connectivity index (χ1v) is 8.34. The number of hydrogen-bond acceptors (Lipinski definition) is 3. The van der Waals surface area contributed by atoms with E-state index in [1.54, 1.807) is 0 Å². The number of para-hydroxylation sites is 2. The van der Waals surface area contributed by atoms with Crippen molar-refractivity contribution in [3.05, 3.63) is 24.3 Å². The minimum Gasteiger partial charge on any atom is -0.341 e. The fourth-order valence-corrected chi connectivity index (χ4v) is 3.70. The Bertz CT molecular complexity index is 622. The molecule has 0 N–H and O–H groups in total. The summed E-state index contributed by atoms with van der Waals surface area (Å²) in [7, 11) is 0. The van der Waals surface area contributed by atoms with Gasteiger partial charge >= 0.3 is 0 Å². The standard InChI is InChI=1S/C17H24N4.2ClH/c1-4-9-19(10-5-1)13-14-20-11-6-12-21-16-8-3-2-7-15(16)18-17(20)21;;/h2-3,7-8H,1,4-6,9-14H2;2*1H. The zero-order valence-electron chi connectivity index (χ0n) is 13.5. The predicted molar refractivity (Wildman–Crippen MR) is 101 cm³/mol. The molecule has 128 valence electrons. The first-order chi connectivity index (χ1) is 10.4. The van der Waals surface area contributed by atoms with Gasteiger partial charge in [0.2, 0.25) is 5.95 Å². The second-order valence-electron chi connectivity index (χ2n) is 6.30. The van der Waals surface area contributed by atoms with Crippen LogP contribution in [0, 0.1) is 0 Å². The summed E-state index contributed by atoms with van der Waals surface area (Å²) in [5, 5.41) is 0. The fraction of sp³-hybridized carbons (Fsp3) is 0.588. The van der Waals surface area contributed by atoms with Crippen LogP contribution in [0.3, 0.4) is 0 Å². The molecule has 0 saturated carbocycles. The summed E-state index contributed by atoms with van der Waals surface area (Å²) >= 11 is 0. The van der Waals surface area contributed by atoms with Crippen molar-refractivity contribution in [2.75, 3.05) is 37.6 Å². The maximum atomic E-state index is 4.87. The molecule has 0 spiro atoms. The lowest BCUT2D eigenvalue weighted by Gasteiger charge is -2.33. The Balaban J connectivity index is 0.000000960. The lowest BCUT2D eigenvalue weighted by atomic mass is 10.1. The number of nitrogens with zero attached hydrogens (tertiary/aromatic N) is 4. The molecule has 0 bridgehead atoms. The number of aryl methyl sites for hydroxylation is 1. The van der Waals surface area contributed by atoms with Gasteiger partial charge < -0.3 is 14.4 Å². The van der Waals surface area contributed by atoms with Crippen LogP contribution < -0.4 is 4.90 Å². The lowest BCUT2D eigenvalue weighted by molar-refractivity contribution is 0.232. The Morgan fingerprint density at radius 2 is 1.61 bits per heavy atom. The first-order valence-electron chi connectivity index (χ1n) is 8.34. The molecule has 0 amide bonds. The molecule has 0 atom stereocenters. The monoisotopic (exact) mass is 356 g/mol. The van der Waals surface area contributed by atoms with Crippen molar-refractivity contribution in [3.8, 4) is 0 Å². The van der Waals surface area contributed by atoms with Gasteiger partial charge in [0.25, 0.3) is 0 Å². The smallest absolute Gasteiger partial charge is 0.206 e. The van der Waals surface area contributed by atoms with Crippen molar-refractivity contribution in [2.24, 2.45) is 0 Å². The van der Waals surface area contributed by atoms with Crippen molar-refractivity contribution in [2.45, 2.75) is 32.2 Å². The molecule has 4 rings (SSSR count). The SMILES string of the molecule is Cl.Cl.c1ccc2c(c1)nc1n2CCCN1CCN1CCCCC1. The van der Waals surface area contributed by atoms with Gasteiger partial charge in [-0.1, -0.05) is 18.6 Å². The van der Waals surface area contributed by atoms with E-state index in [0.29, 0.717) is 0 Å². The zero-order chi connectivity index (χ0) is 14.1. The first kappa shape index (κ1) is 18.4. The van der Waals surface area contributed by atoms with E-state index in [0.717, 1.165) is 25.2 Å². The van der Waals surface area contributed by atoms with Gasteiger partial charge in [0.15, 0.2) is 0 Å². The quantitative estimate of drug-likeness (QED) is 0.839. The molecular weight excluding hydrogens is 331 g/mol. The molecule has 2 aliphatic rings. The topological polar surface area (TPSA) is 24.3 Å². The van der Waals surface area contributed by atoms with E-state index in [1.165, 1.54) is 56.8 Å². The Hall–Kier alpha value is -0.970. The minimum atomic E-state index is 0. The van der Waals surface area contributed by atoms with Crippen molar-refractivity contribution >= 4 is 41.8 Å². The maximum Gasteiger partial charge on any atom is 0.206 e. The molecule has 1 saturated heterocycles. The highest BCUT2D eigenvalue weighted by Gasteiger charge is 2.21. The second kappa shape index (κ2) is 8.22. The molecule has 2 aromatic rings. The largest absolute Gasteiger partial charge is 0.341 e. The summed E-state index contributed by atoms with van der Waals surface area (Å²) in [4.78, 5) is 9.97. The molecule has 4 nitrogen and oxygen atoms in total. The Morgan fingerprint density at radius 3 is 2.43 bits per heavy atom. The summed E-state index contributed by atoms with van der Waals surface area (Å²) in [6.07, 6.45) is 5.39. The lowest BCUT2D eigenvalue weighted by Crippen LogP contribution is -2.40. The summed E-state index contributed by atoms with van der Waals surface area (Å²) in [6.45, 7) is 7.12. The van der Waals surface area contributed by atoms with Gasteiger partial charge in [-0.25, -0.2) is 4.98 Å². The number of halogens is 2. The Morgan fingerprint density at radius 1 is 0.826 bits per heavy atom. The molecule has 1 aromatic heterocycles. The van der Waals surface area contributed by atoms with E-state index in [9.17, 15) is 0 Å². The number of likely N-dealkylation sites (tertiary alicyclic amines) is 1. The van der Waals surface area contributed by atoms with E-state index >= 15 is 0 Å². The number of aromatic nitrogens is 2. The van der Waals surface area contributed by atoms with Crippen molar-refractivity contribution in [1.29, 1.82) is 0 Å². The van der Waals surface area contributed by atoms with Crippen LogP contribution in [0.1, 0.15) is 25.7 Å². The summed E-state index contributed by atoms with van der Waals surface area (Å²) in [5.74, 6) is 1.18. The number of piperidine rings is 1. The fourth-order valence-electron chi connectivity index (χ4n) is 3.70. The van der Waals surface area contributed by atoms with Crippen LogP contribution in [0.5, 0.6) is 0 Å². The van der Waals surface area contributed by atoms with Crippen LogP contribution in [0.15, 0.2) is 24.3 Å². The Labute approximate surface area is 150 Å². The molecule has 2 aliphatic heterocycles. The van der Waals surface area contributed by atoms with Crippen LogP contribution in [-0.2, 0) is 6.54 Å². The van der Waals surface area contributed by atoms with Gasteiger partial charge in [0.1, 0.15) is 0 Å². The highest BCUT2D eigenvalue weighted by Crippen LogP contribution is 2.26. The van der Waals surface area contributed by atoms with E-state index in [4.69, 9.17) is 4.98 Å². The van der Waals surface area contributed by atoms with Gasteiger partial charge in [-0.2, -0.15) is 0 Å². The number of imidazole rings is 1. The van der Waals surface area contributed by atoms with Gasteiger partial charge in [-0.05, 0) is 44.5 Å². The van der Waals surface area contributed by atoms with E-state index in [-0.39, 0.29) is 24.8 Å². The Kier molecular flexibility index (Phi) is 6.57. The third kappa shape index (κ3) is 3.76. The van der Waals surface area contributed by atoms with Crippen LogP contribution >= 0.6 is 24.8 Å². The average molecular weight is 357 g/mol. The zero-order valence-corrected chi connectivity index (χ0v) is 15.1. The summed E-state index contributed by atoms with van der Waals surface area (Å²) in [5.41, 5.74) is 2.42. The summed E-state index contributed by atoms with van der Waals surface area (Å²) < 4.78 is 2.40. The van der Waals surface area contributed by atoms with Crippen molar-refractivity contribution in [3.63, 3.8) is 0 Å². The van der Waals surface area contributed by atoms with Crippen molar-refractivity contribution in [1.82, 2.24) is 14.5 Å². The number of anilines is 1. The number of rotatable bonds is 3. The maximum absolute atomic E-state index is 4.87. The van der Waals surface area contributed by atoms with Crippen LogP contribution in [0.2, 0.25) is 0 Å². The van der Waals surface area contributed by atoms with Gasteiger partial charge in [0.05, 0.1) is 11.0 Å². The van der Waals surface area contributed by atoms with Gasteiger partial charge in [-0.3, -0.25) is 0 Å². The molecule has 23 heavy (non-hydrogen) atoms. The normalized spacial score (nSPS) is 18.2. The van der Waals surface area contributed by atoms with Crippen LogP contribution in [0.4, 0.5) is 5.95 Å². The summed E-state index contributed by atoms with van der Waals surface area (Å²) in [6, 6.07) is 8.52. The molecule has 1 aromatic carbocycles. The van der Waals surface area contributed by atoms with E-state index < -0.39 is 0 Å². The molecular formula is C17H26Cl2N4. The highest BCUT2D eigenvalue weighted by atomic mass is 35.5. The molecule has 1 fully saturated rings. The minimum absolute atomic E-state index is 0.